The van der Waals surface area contributed by atoms with Crippen LogP contribution in [0.4, 0.5) is 11.4 Å². The van der Waals surface area contributed by atoms with Gasteiger partial charge in [0.2, 0.25) is 11.8 Å². The van der Waals surface area contributed by atoms with Gasteiger partial charge in [-0.3, -0.25) is 18.4 Å². The number of aromatic amines is 1. The van der Waals surface area contributed by atoms with Crippen molar-refractivity contribution in [1.29, 1.82) is 0 Å². The number of rotatable bonds is 7. The molecule has 2 aliphatic heterocycles. The van der Waals surface area contributed by atoms with Gasteiger partial charge in [-0.15, -0.1) is 16.7 Å². The number of hydrogen-bond acceptors (Lipinski definition) is 8. The van der Waals surface area contributed by atoms with Crippen LogP contribution in [0.15, 0.2) is 107 Å². The maximum atomic E-state index is 12.5. The highest BCUT2D eigenvalue weighted by atomic mass is 35.5. The fraction of sp³-hybridized carbons (Fsp3) is 0.316. The molecular formula is C38H41Cl3N10O4. The standard InChI is InChI=1S/C19H20ClN5O2.C13H16Cl2N2O.C6H5N3O/c20-15-4-3-5-16(14-15)22-10-12-23(13-11-22)18(26)7-9-25-19(27)24-8-2-1-6-17(24)21-25;14-5-4-13(18)17-8-6-16(7-9-17)12-3-1-2-11(15)10-12;10-6-8-7-5-3-1-2-4-9(5)6/h1-6,8,14H,7,9-13H2;1-3,10H,4-9H2;1-4H,(H,8,10). The van der Waals surface area contributed by atoms with E-state index in [2.05, 4.69) is 25.1 Å². The number of carbonyl (C=O) groups excluding carboxylic acids is 2. The summed E-state index contributed by atoms with van der Waals surface area (Å²) >= 11 is 17.6. The van der Waals surface area contributed by atoms with E-state index in [-0.39, 0.29) is 36.2 Å². The minimum atomic E-state index is -0.218. The summed E-state index contributed by atoms with van der Waals surface area (Å²) < 4.78 is 4.28. The molecule has 0 atom stereocenters. The van der Waals surface area contributed by atoms with Crippen molar-refractivity contribution >= 4 is 69.3 Å². The van der Waals surface area contributed by atoms with Crippen molar-refractivity contribution in [2.75, 3.05) is 68.0 Å². The molecule has 14 nitrogen and oxygen atoms in total. The van der Waals surface area contributed by atoms with E-state index in [0.717, 1.165) is 55.7 Å². The van der Waals surface area contributed by atoms with Gasteiger partial charge in [-0.1, -0.05) is 47.5 Å². The number of aromatic nitrogens is 6. The van der Waals surface area contributed by atoms with Crippen LogP contribution in [0.3, 0.4) is 0 Å². The quantitative estimate of drug-likeness (QED) is 0.233. The summed E-state index contributed by atoms with van der Waals surface area (Å²) in [6, 6.07) is 26.3. The first-order chi connectivity index (χ1) is 26.7. The minimum Gasteiger partial charge on any atom is -0.368 e. The van der Waals surface area contributed by atoms with Gasteiger partial charge in [-0.25, -0.2) is 19.4 Å². The average Bonchev–Trinajstić information content (AvgIpc) is 3.76. The fourth-order valence-corrected chi connectivity index (χ4v) is 6.87. The number of piperazine rings is 2. The molecule has 0 bridgehead atoms. The number of aryl methyl sites for hydroxylation is 1. The van der Waals surface area contributed by atoms with Crippen molar-refractivity contribution in [2.45, 2.75) is 19.4 Å². The second-order valence-electron chi connectivity index (χ2n) is 12.8. The zero-order valence-electron chi connectivity index (χ0n) is 30.0. The summed E-state index contributed by atoms with van der Waals surface area (Å²) in [5, 5.41) is 11.8. The van der Waals surface area contributed by atoms with Gasteiger partial charge in [0.05, 0.1) is 6.54 Å². The largest absolute Gasteiger partial charge is 0.368 e. The third-order valence-corrected chi connectivity index (χ3v) is 9.93. The van der Waals surface area contributed by atoms with E-state index in [9.17, 15) is 19.2 Å². The van der Waals surface area contributed by atoms with Crippen molar-refractivity contribution in [2.24, 2.45) is 0 Å². The van der Waals surface area contributed by atoms with Crippen molar-refractivity contribution in [1.82, 2.24) is 38.6 Å². The molecule has 288 valence electrons. The van der Waals surface area contributed by atoms with E-state index < -0.39 is 0 Å². The molecule has 4 aromatic heterocycles. The van der Waals surface area contributed by atoms with Gasteiger partial charge in [0.1, 0.15) is 0 Å². The van der Waals surface area contributed by atoms with E-state index in [4.69, 9.17) is 34.8 Å². The van der Waals surface area contributed by atoms with E-state index in [1.165, 1.54) is 13.5 Å². The molecule has 0 aliphatic carbocycles. The van der Waals surface area contributed by atoms with Gasteiger partial charge >= 0.3 is 11.4 Å². The van der Waals surface area contributed by atoms with Crippen molar-refractivity contribution in [3.8, 4) is 0 Å². The van der Waals surface area contributed by atoms with Crippen LogP contribution in [0, 0.1) is 0 Å². The van der Waals surface area contributed by atoms with Crippen LogP contribution in [0.25, 0.3) is 11.3 Å². The predicted molar refractivity (Wildman–Crippen MR) is 216 cm³/mol. The Balaban J connectivity index is 0.000000157. The zero-order chi connectivity index (χ0) is 38.7. The van der Waals surface area contributed by atoms with Crippen LogP contribution in [-0.4, -0.2) is 109 Å². The smallest absolute Gasteiger partial charge is 0.350 e. The number of hydrogen-bond donors (Lipinski definition) is 1. The summed E-state index contributed by atoms with van der Waals surface area (Å²) in [5.41, 5.74) is 3.01. The van der Waals surface area contributed by atoms with E-state index in [0.29, 0.717) is 41.7 Å². The maximum absolute atomic E-state index is 12.5. The van der Waals surface area contributed by atoms with Crippen LogP contribution >= 0.6 is 34.8 Å². The van der Waals surface area contributed by atoms with Gasteiger partial charge in [0.25, 0.3) is 0 Å². The first-order valence-electron chi connectivity index (χ1n) is 17.9. The Morgan fingerprint density at radius 3 is 1.67 bits per heavy atom. The van der Waals surface area contributed by atoms with Gasteiger partial charge in [0.15, 0.2) is 11.3 Å². The molecule has 0 spiro atoms. The predicted octanol–water partition coefficient (Wildman–Crippen LogP) is 4.53. The number of pyridine rings is 2. The third-order valence-electron chi connectivity index (χ3n) is 9.27. The fourth-order valence-electron chi connectivity index (χ4n) is 6.34. The molecule has 2 aliphatic rings. The first kappa shape index (κ1) is 39.4. The zero-order valence-corrected chi connectivity index (χ0v) is 32.3. The molecule has 2 aromatic carbocycles. The number of amides is 2. The van der Waals surface area contributed by atoms with Crippen LogP contribution in [0.1, 0.15) is 12.8 Å². The topological polar surface area (TPSA) is 137 Å². The number of halogens is 3. The van der Waals surface area contributed by atoms with Crippen molar-refractivity contribution < 1.29 is 9.59 Å². The lowest BCUT2D eigenvalue weighted by Crippen LogP contribution is -2.49. The highest BCUT2D eigenvalue weighted by Gasteiger charge is 2.22. The van der Waals surface area contributed by atoms with E-state index >= 15 is 0 Å². The SMILES string of the molecule is O=C(CCCl)N1CCN(c2cccc(Cl)c2)CC1.O=C(CCn1nc2ccccn2c1=O)N1CCN(c2cccc(Cl)c2)CC1.O=c1[nH]nc2ccccn12. The molecule has 17 heteroatoms. The maximum Gasteiger partial charge on any atom is 0.350 e. The molecule has 1 N–H and O–H groups in total. The Morgan fingerprint density at radius 1 is 0.636 bits per heavy atom. The number of fused-ring (bicyclic) bond motifs is 2. The Bertz CT molecular complexity index is 2320. The molecule has 6 heterocycles. The lowest BCUT2D eigenvalue weighted by atomic mass is 10.2. The minimum absolute atomic E-state index is 0.0460. The number of carbonyl (C=O) groups is 2. The Morgan fingerprint density at radius 2 is 1.16 bits per heavy atom. The summed E-state index contributed by atoms with van der Waals surface area (Å²) in [6.07, 6.45) is 4.04. The lowest BCUT2D eigenvalue weighted by Gasteiger charge is -2.36. The summed E-state index contributed by atoms with van der Waals surface area (Å²) in [6.45, 7) is 6.32. The van der Waals surface area contributed by atoms with Gasteiger partial charge in [-0.2, -0.15) is 5.10 Å². The van der Waals surface area contributed by atoms with Crippen LogP contribution < -0.4 is 21.2 Å². The molecular weight excluding hydrogens is 767 g/mol. The Hall–Kier alpha value is -5.31. The number of H-pyrrole nitrogens is 1. The number of alkyl halides is 1. The molecule has 8 rings (SSSR count). The number of anilines is 2. The molecule has 6 aromatic rings. The summed E-state index contributed by atoms with van der Waals surface area (Å²) in [7, 11) is 0. The molecule has 0 saturated carbocycles. The molecule has 2 amide bonds. The van der Waals surface area contributed by atoms with Gasteiger partial charge in [0, 0.05) is 105 Å². The third kappa shape index (κ3) is 10.3. The van der Waals surface area contributed by atoms with Gasteiger partial charge < -0.3 is 19.6 Å². The summed E-state index contributed by atoms with van der Waals surface area (Å²) in [5.74, 6) is 0.591. The van der Waals surface area contributed by atoms with Crippen molar-refractivity contribution in [3.63, 3.8) is 0 Å². The molecule has 0 unspecified atom stereocenters. The Labute approximate surface area is 332 Å². The lowest BCUT2D eigenvalue weighted by molar-refractivity contribution is -0.132. The highest BCUT2D eigenvalue weighted by Crippen LogP contribution is 2.22. The van der Waals surface area contributed by atoms with Crippen LogP contribution in [-0.2, 0) is 16.1 Å². The number of nitrogens with one attached hydrogen (secondary N) is 1. The van der Waals surface area contributed by atoms with Crippen LogP contribution in [0.2, 0.25) is 10.0 Å². The second-order valence-corrected chi connectivity index (χ2v) is 14.0. The molecule has 0 radical (unpaired) electrons. The monoisotopic (exact) mass is 806 g/mol. The normalized spacial score (nSPS) is 14.3. The number of benzene rings is 2. The second kappa shape index (κ2) is 18.8. The summed E-state index contributed by atoms with van der Waals surface area (Å²) in [4.78, 5) is 55.5. The Kier molecular flexibility index (Phi) is 13.5. The van der Waals surface area contributed by atoms with Crippen molar-refractivity contribution in [3.05, 3.63) is 128 Å². The van der Waals surface area contributed by atoms with Gasteiger partial charge in [-0.05, 0) is 60.7 Å². The van der Waals surface area contributed by atoms with E-state index in [1.54, 1.807) is 36.7 Å². The first-order valence-corrected chi connectivity index (χ1v) is 19.2. The number of nitrogens with zero attached hydrogens (tertiary/aromatic N) is 9. The average molecular weight is 808 g/mol. The van der Waals surface area contributed by atoms with Crippen LogP contribution in [0.5, 0.6) is 0 Å². The highest BCUT2D eigenvalue weighted by molar-refractivity contribution is 6.31. The molecule has 2 saturated heterocycles. The van der Waals surface area contributed by atoms with E-state index in [1.807, 2.05) is 70.5 Å². The molecule has 55 heavy (non-hydrogen) atoms. The molecule has 2 fully saturated rings.